The van der Waals surface area contributed by atoms with Crippen molar-refractivity contribution in [2.75, 3.05) is 0 Å². The van der Waals surface area contributed by atoms with Gasteiger partial charge in [-0.2, -0.15) is 5.10 Å². The molecule has 2 heterocycles. The molecule has 7 heteroatoms. The fraction of sp³-hybridized carbons (Fsp3) is 0.300. The molecule has 0 amide bonds. The fourth-order valence-corrected chi connectivity index (χ4v) is 1.64. The highest BCUT2D eigenvalue weighted by atomic mass is 35.5. The van der Waals surface area contributed by atoms with E-state index in [1.165, 1.54) is 0 Å². The number of aromatic nitrogens is 4. The molecule has 0 fully saturated rings. The summed E-state index contributed by atoms with van der Waals surface area (Å²) in [6.45, 7) is 2.29. The summed E-state index contributed by atoms with van der Waals surface area (Å²) < 4.78 is 2.76. The van der Waals surface area contributed by atoms with Crippen molar-refractivity contribution in [1.82, 2.24) is 19.3 Å². The first-order valence-corrected chi connectivity index (χ1v) is 5.44. The number of hydrogen-bond donors (Lipinski definition) is 1. The minimum atomic E-state index is -0.502. The number of nitrogens with zero attached hydrogens (tertiary/aromatic N) is 3. The van der Waals surface area contributed by atoms with Crippen molar-refractivity contribution in [3.63, 3.8) is 0 Å². The lowest BCUT2D eigenvalue weighted by Crippen LogP contribution is -2.37. The molecular weight excluding hydrogens is 244 g/mol. The zero-order valence-corrected chi connectivity index (χ0v) is 9.94. The first-order chi connectivity index (χ1) is 8.09. The van der Waals surface area contributed by atoms with Gasteiger partial charge in [-0.1, -0.05) is 11.6 Å². The first kappa shape index (κ1) is 11.7. The Balaban J connectivity index is 2.31. The first-order valence-electron chi connectivity index (χ1n) is 5.06. The van der Waals surface area contributed by atoms with Gasteiger partial charge in [0.2, 0.25) is 0 Å². The summed E-state index contributed by atoms with van der Waals surface area (Å²) >= 11 is 5.70. The third-order valence-electron chi connectivity index (χ3n) is 2.47. The Hall–Kier alpha value is -1.82. The van der Waals surface area contributed by atoms with E-state index in [-0.39, 0.29) is 17.3 Å². The molecule has 0 spiro atoms. The van der Waals surface area contributed by atoms with E-state index in [0.717, 1.165) is 4.57 Å². The summed E-state index contributed by atoms with van der Waals surface area (Å²) in [6, 6.07) is 1.78. The number of rotatable bonds is 3. The summed E-state index contributed by atoms with van der Waals surface area (Å²) in [5, 5.41) is 4.09. The van der Waals surface area contributed by atoms with Gasteiger partial charge in [-0.3, -0.25) is 19.0 Å². The number of aryl methyl sites for hydroxylation is 1. The van der Waals surface area contributed by atoms with Crippen molar-refractivity contribution in [2.45, 2.75) is 20.0 Å². The van der Waals surface area contributed by atoms with Gasteiger partial charge in [0.15, 0.2) is 0 Å². The summed E-state index contributed by atoms with van der Waals surface area (Å²) in [4.78, 5) is 25.8. The molecule has 0 radical (unpaired) electrons. The highest BCUT2D eigenvalue weighted by Crippen LogP contribution is 2.02. The molecule has 0 aliphatic rings. The van der Waals surface area contributed by atoms with Gasteiger partial charge < -0.3 is 0 Å². The van der Waals surface area contributed by atoms with Gasteiger partial charge in [-0.15, -0.1) is 0 Å². The fourth-order valence-electron chi connectivity index (χ4n) is 1.48. The minimum absolute atomic E-state index is 0.0929. The molecule has 0 bridgehead atoms. The van der Waals surface area contributed by atoms with Gasteiger partial charge in [0, 0.05) is 18.0 Å². The number of H-pyrrole nitrogens is 1. The summed E-state index contributed by atoms with van der Waals surface area (Å²) in [7, 11) is 0. The largest absolute Gasteiger partial charge is 0.329 e. The van der Waals surface area contributed by atoms with E-state index in [0.29, 0.717) is 12.1 Å². The van der Waals surface area contributed by atoms with Gasteiger partial charge in [0.1, 0.15) is 5.15 Å². The molecule has 17 heavy (non-hydrogen) atoms. The van der Waals surface area contributed by atoms with Crippen LogP contribution in [0.4, 0.5) is 0 Å². The van der Waals surface area contributed by atoms with Crippen LogP contribution in [0, 0.1) is 6.92 Å². The third-order valence-corrected chi connectivity index (χ3v) is 2.85. The van der Waals surface area contributed by atoms with Gasteiger partial charge in [-0.05, 0) is 13.0 Å². The van der Waals surface area contributed by atoms with Crippen LogP contribution in [0.15, 0.2) is 28.0 Å². The lowest BCUT2D eigenvalue weighted by Gasteiger charge is -2.06. The van der Waals surface area contributed by atoms with E-state index >= 15 is 0 Å². The molecule has 0 unspecified atom stereocenters. The molecular formula is C10H11ClN4O2. The molecule has 0 aromatic carbocycles. The summed E-state index contributed by atoms with van der Waals surface area (Å²) in [5.41, 5.74) is -0.532. The van der Waals surface area contributed by atoms with Crippen molar-refractivity contribution in [2.24, 2.45) is 0 Å². The second kappa shape index (κ2) is 4.58. The van der Waals surface area contributed by atoms with E-state index < -0.39 is 5.69 Å². The van der Waals surface area contributed by atoms with Crippen molar-refractivity contribution in [3.05, 3.63) is 50.0 Å². The highest BCUT2D eigenvalue weighted by Gasteiger charge is 2.08. The predicted molar refractivity (Wildman–Crippen MR) is 63.3 cm³/mol. The van der Waals surface area contributed by atoms with Crippen LogP contribution in [0.1, 0.15) is 5.56 Å². The van der Waals surface area contributed by atoms with E-state index in [2.05, 4.69) is 10.1 Å². The molecule has 0 atom stereocenters. The van der Waals surface area contributed by atoms with Crippen LogP contribution in [0.2, 0.25) is 5.15 Å². The molecule has 6 nitrogen and oxygen atoms in total. The van der Waals surface area contributed by atoms with Crippen molar-refractivity contribution in [3.8, 4) is 0 Å². The number of nitrogens with one attached hydrogen (secondary N) is 1. The van der Waals surface area contributed by atoms with Crippen molar-refractivity contribution in [1.29, 1.82) is 0 Å². The summed E-state index contributed by atoms with van der Waals surface area (Å²) in [6.07, 6.45) is 3.40. The lowest BCUT2D eigenvalue weighted by atomic mass is 10.4. The monoisotopic (exact) mass is 254 g/mol. The van der Waals surface area contributed by atoms with Crippen LogP contribution in [0.25, 0.3) is 0 Å². The van der Waals surface area contributed by atoms with Crippen LogP contribution in [-0.4, -0.2) is 19.3 Å². The topological polar surface area (TPSA) is 72.7 Å². The van der Waals surface area contributed by atoms with E-state index in [4.69, 9.17) is 11.6 Å². The van der Waals surface area contributed by atoms with E-state index in [1.807, 2.05) is 0 Å². The van der Waals surface area contributed by atoms with Crippen molar-refractivity contribution >= 4 is 11.6 Å². The molecule has 0 aliphatic carbocycles. The van der Waals surface area contributed by atoms with Crippen LogP contribution in [0.3, 0.4) is 0 Å². The quantitative estimate of drug-likeness (QED) is 0.806. The SMILES string of the molecule is Cc1c(Cl)[nH]c(=O)n(CCn2cccn2)c1=O. The van der Waals surface area contributed by atoms with Gasteiger partial charge in [-0.25, -0.2) is 4.79 Å². The Kier molecular flexibility index (Phi) is 3.14. The maximum absolute atomic E-state index is 11.8. The van der Waals surface area contributed by atoms with Crippen LogP contribution < -0.4 is 11.2 Å². The van der Waals surface area contributed by atoms with Gasteiger partial charge >= 0.3 is 5.69 Å². The standard InChI is InChI=1S/C10H11ClN4O2/c1-7-8(11)13-10(17)15(9(7)16)6-5-14-4-2-3-12-14/h2-4H,5-6H2,1H3,(H,13,17). The summed E-state index contributed by atoms with van der Waals surface area (Å²) in [5.74, 6) is 0. The van der Waals surface area contributed by atoms with Crippen molar-refractivity contribution < 1.29 is 0 Å². The second-order valence-electron chi connectivity index (χ2n) is 3.60. The third kappa shape index (κ3) is 2.31. The average Bonchev–Trinajstić information content (AvgIpc) is 2.79. The Bertz CT molecular complexity index is 627. The molecule has 2 aromatic rings. The van der Waals surface area contributed by atoms with Crippen LogP contribution >= 0.6 is 11.6 Å². The zero-order valence-electron chi connectivity index (χ0n) is 9.18. The van der Waals surface area contributed by atoms with Gasteiger partial charge in [0.25, 0.3) is 5.56 Å². The Morgan fingerprint density at radius 3 is 2.82 bits per heavy atom. The molecule has 0 saturated carbocycles. The molecule has 2 aromatic heterocycles. The van der Waals surface area contributed by atoms with E-state index in [1.54, 1.807) is 30.1 Å². The average molecular weight is 255 g/mol. The Morgan fingerprint density at radius 1 is 1.41 bits per heavy atom. The van der Waals surface area contributed by atoms with Crippen LogP contribution in [-0.2, 0) is 13.1 Å². The normalized spacial score (nSPS) is 10.7. The lowest BCUT2D eigenvalue weighted by molar-refractivity contribution is 0.506. The second-order valence-corrected chi connectivity index (χ2v) is 3.97. The smallest absolute Gasteiger partial charge is 0.297 e. The maximum atomic E-state index is 11.8. The molecule has 0 saturated heterocycles. The van der Waals surface area contributed by atoms with Crippen LogP contribution in [0.5, 0.6) is 0 Å². The maximum Gasteiger partial charge on any atom is 0.329 e. The number of hydrogen-bond acceptors (Lipinski definition) is 3. The molecule has 90 valence electrons. The molecule has 2 rings (SSSR count). The number of halogens is 1. The Labute approximate surface area is 101 Å². The molecule has 1 N–H and O–H groups in total. The highest BCUT2D eigenvalue weighted by molar-refractivity contribution is 6.30. The molecule has 0 aliphatic heterocycles. The van der Waals surface area contributed by atoms with E-state index in [9.17, 15) is 9.59 Å². The Morgan fingerprint density at radius 2 is 2.18 bits per heavy atom. The predicted octanol–water partition coefficient (Wildman–Crippen LogP) is 0.395. The number of aromatic amines is 1. The minimum Gasteiger partial charge on any atom is -0.297 e. The zero-order chi connectivity index (χ0) is 12.4. The van der Waals surface area contributed by atoms with Gasteiger partial charge in [0.05, 0.1) is 13.1 Å².